The van der Waals surface area contributed by atoms with Crippen molar-refractivity contribution in [2.45, 2.75) is 76.9 Å². The van der Waals surface area contributed by atoms with E-state index in [-0.39, 0.29) is 49.5 Å². The Kier molecular flexibility index (Phi) is 12.9. The second kappa shape index (κ2) is 17.5. The van der Waals surface area contributed by atoms with Gasteiger partial charge in [-0.05, 0) is 59.8 Å². The maximum atomic E-state index is 12.2. The molecule has 0 unspecified atom stereocenters. The van der Waals surface area contributed by atoms with Crippen molar-refractivity contribution in [3.63, 3.8) is 0 Å². The highest BCUT2D eigenvalue weighted by Gasteiger charge is 2.39. The molecule has 1 fully saturated rings. The zero-order valence-electron chi connectivity index (χ0n) is 28.9. The lowest BCUT2D eigenvalue weighted by atomic mass is 9.89. The molecule has 0 spiro atoms. The number of amides is 1. The summed E-state index contributed by atoms with van der Waals surface area (Å²) >= 11 is 0. The fraction of sp³-hybridized carbons (Fsp3) is 0.366. The molecule has 0 radical (unpaired) electrons. The Morgan fingerprint density at radius 1 is 0.840 bits per heavy atom. The fourth-order valence-corrected chi connectivity index (χ4v) is 6.33. The minimum absolute atomic E-state index is 0.00517. The summed E-state index contributed by atoms with van der Waals surface area (Å²) in [4.78, 5) is 25.0. The first-order chi connectivity index (χ1) is 24.1. The van der Waals surface area contributed by atoms with Gasteiger partial charge in [-0.2, -0.15) is 0 Å². The Bertz CT molecular complexity index is 1680. The van der Waals surface area contributed by atoms with Gasteiger partial charge in [-0.3, -0.25) is 14.5 Å². The summed E-state index contributed by atoms with van der Waals surface area (Å²) in [5.41, 5.74) is 6.55. The molecule has 0 bridgehead atoms. The van der Waals surface area contributed by atoms with E-state index in [1.165, 1.54) is 0 Å². The molecule has 4 aromatic rings. The van der Waals surface area contributed by atoms with Crippen molar-refractivity contribution in [1.29, 1.82) is 0 Å². The number of likely N-dealkylation sites (N-methyl/N-ethyl adjacent to an activating group) is 1. The van der Waals surface area contributed by atoms with E-state index >= 15 is 0 Å². The third-order valence-corrected chi connectivity index (χ3v) is 9.61. The molecular formula is C41H48N2O7. The third kappa shape index (κ3) is 9.65. The summed E-state index contributed by atoms with van der Waals surface area (Å²) in [6, 6.07) is 33.4. The van der Waals surface area contributed by atoms with Crippen LogP contribution in [0.5, 0.6) is 0 Å². The third-order valence-electron chi connectivity index (χ3n) is 9.61. The minimum atomic E-state index is -0.904. The predicted octanol–water partition coefficient (Wildman–Crippen LogP) is 6.56. The van der Waals surface area contributed by atoms with Crippen LogP contribution < -0.4 is 5.32 Å². The van der Waals surface area contributed by atoms with E-state index in [1.807, 2.05) is 117 Å². The van der Waals surface area contributed by atoms with Gasteiger partial charge in [-0.25, -0.2) is 0 Å². The number of carboxylic acids is 1. The first kappa shape index (κ1) is 36.9. The number of carbonyl (C=O) groups excluding carboxylic acids is 1. The molecular weight excluding hydrogens is 632 g/mol. The number of rotatable bonds is 15. The summed E-state index contributed by atoms with van der Waals surface area (Å²) in [6.07, 6.45) is -1.28. The van der Waals surface area contributed by atoms with Crippen molar-refractivity contribution in [1.82, 2.24) is 10.2 Å². The number of aliphatic hydroxyl groups excluding tert-OH is 2. The van der Waals surface area contributed by atoms with Gasteiger partial charge >= 0.3 is 5.97 Å². The van der Waals surface area contributed by atoms with Crippen molar-refractivity contribution in [3.05, 3.63) is 131 Å². The molecule has 1 aliphatic heterocycles. The van der Waals surface area contributed by atoms with Gasteiger partial charge < -0.3 is 30.1 Å². The monoisotopic (exact) mass is 680 g/mol. The number of aliphatic carboxylic acids is 1. The van der Waals surface area contributed by atoms with Crippen LogP contribution in [0.4, 0.5) is 0 Å². The number of carbonyl (C=O) groups is 2. The number of benzene rings is 4. The molecule has 9 nitrogen and oxygen atoms in total. The molecule has 50 heavy (non-hydrogen) atoms. The molecule has 4 N–H and O–H groups in total. The summed E-state index contributed by atoms with van der Waals surface area (Å²) in [7, 11) is 2.01. The molecule has 1 saturated heterocycles. The second-order valence-electron chi connectivity index (χ2n) is 13.2. The minimum Gasteiger partial charge on any atom is -0.481 e. The van der Waals surface area contributed by atoms with E-state index in [0.717, 1.165) is 38.9 Å². The zero-order valence-corrected chi connectivity index (χ0v) is 28.9. The number of hydrogen-bond acceptors (Lipinski definition) is 7. The highest BCUT2D eigenvalue weighted by Crippen LogP contribution is 2.42. The average Bonchev–Trinajstić information content (AvgIpc) is 3.14. The van der Waals surface area contributed by atoms with Crippen molar-refractivity contribution in [2.75, 3.05) is 13.6 Å². The number of hydrogen-bond donors (Lipinski definition) is 4. The lowest BCUT2D eigenvalue weighted by Crippen LogP contribution is -2.46. The fourth-order valence-electron chi connectivity index (χ4n) is 6.33. The van der Waals surface area contributed by atoms with Crippen molar-refractivity contribution in [2.24, 2.45) is 5.92 Å². The van der Waals surface area contributed by atoms with E-state index in [1.54, 1.807) is 0 Å². The summed E-state index contributed by atoms with van der Waals surface area (Å²) in [6.45, 7) is 5.07. The zero-order chi connectivity index (χ0) is 35.6. The topological polar surface area (TPSA) is 129 Å². The van der Waals surface area contributed by atoms with Gasteiger partial charge in [0.1, 0.15) is 0 Å². The molecule has 0 aromatic heterocycles. The molecule has 1 aliphatic rings. The highest BCUT2D eigenvalue weighted by atomic mass is 16.7. The van der Waals surface area contributed by atoms with Crippen LogP contribution >= 0.6 is 0 Å². The van der Waals surface area contributed by atoms with Crippen molar-refractivity contribution < 1.29 is 34.4 Å². The van der Waals surface area contributed by atoms with Gasteiger partial charge in [-0.15, -0.1) is 0 Å². The molecule has 4 aromatic carbocycles. The summed E-state index contributed by atoms with van der Waals surface area (Å²) < 4.78 is 13.4. The highest BCUT2D eigenvalue weighted by molar-refractivity contribution is 5.76. The average molecular weight is 681 g/mol. The van der Waals surface area contributed by atoms with Gasteiger partial charge in [0.05, 0.1) is 24.9 Å². The van der Waals surface area contributed by atoms with Crippen LogP contribution in [0, 0.1) is 5.92 Å². The van der Waals surface area contributed by atoms with E-state index in [0.29, 0.717) is 19.5 Å². The Hall–Kier alpha value is -4.38. The molecule has 5 rings (SSSR count). The number of carboxylic acid groups (broad SMARTS) is 1. The largest absolute Gasteiger partial charge is 0.481 e. The van der Waals surface area contributed by atoms with Crippen LogP contribution in [-0.4, -0.2) is 57.8 Å². The van der Waals surface area contributed by atoms with Crippen LogP contribution in [0.3, 0.4) is 0 Å². The lowest BCUT2D eigenvalue weighted by molar-refractivity contribution is -0.276. The van der Waals surface area contributed by atoms with Crippen LogP contribution in [0.15, 0.2) is 103 Å². The molecule has 1 heterocycles. The first-order valence-corrected chi connectivity index (χ1v) is 17.2. The van der Waals surface area contributed by atoms with Gasteiger partial charge in [0.15, 0.2) is 6.29 Å². The Morgan fingerprint density at radius 3 is 2.22 bits per heavy atom. The first-order valence-electron chi connectivity index (χ1n) is 17.2. The van der Waals surface area contributed by atoms with Crippen LogP contribution in [0.1, 0.15) is 79.4 Å². The van der Waals surface area contributed by atoms with Gasteiger partial charge in [0.25, 0.3) is 0 Å². The number of nitrogens with zero attached hydrogens (tertiary/aromatic N) is 1. The van der Waals surface area contributed by atoms with E-state index in [2.05, 4.69) is 17.1 Å². The summed E-state index contributed by atoms with van der Waals surface area (Å²) in [5.74, 6) is -1.08. The molecule has 9 heteroatoms. The molecule has 0 aliphatic carbocycles. The van der Waals surface area contributed by atoms with Crippen LogP contribution in [0.25, 0.3) is 11.1 Å². The summed E-state index contributed by atoms with van der Waals surface area (Å²) in [5, 5.41) is 32.4. The maximum absolute atomic E-state index is 12.2. The molecule has 1 amide bonds. The Balaban J connectivity index is 1.31. The van der Waals surface area contributed by atoms with Crippen LogP contribution in [-0.2, 0) is 32.2 Å². The smallest absolute Gasteiger partial charge is 0.303 e. The van der Waals surface area contributed by atoms with E-state index < -0.39 is 18.4 Å². The number of ether oxygens (including phenoxy) is 2. The lowest BCUT2D eigenvalue weighted by Gasteiger charge is -2.43. The van der Waals surface area contributed by atoms with Gasteiger partial charge in [0.2, 0.25) is 5.91 Å². The molecule has 264 valence electrons. The van der Waals surface area contributed by atoms with Crippen molar-refractivity contribution >= 4 is 11.9 Å². The number of nitrogens with one attached hydrogen (secondary N) is 1. The molecule has 0 saturated carbocycles. The molecule has 6 atom stereocenters. The SMILES string of the molecule is C[C@H]1[C@@H](CN(C)[C@H](C)[C@@H](O)c2ccccc2)O[C@@H](c2ccc(-c3cccc(CNC(=O)CCCC(=O)O)c3)cc2)O[C@H]1c1ccc(CO)cc1. The van der Waals surface area contributed by atoms with Gasteiger partial charge in [0, 0.05) is 43.5 Å². The predicted molar refractivity (Wildman–Crippen MR) is 192 cm³/mol. The second-order valence-corrected chi connectivity index (χ2v) is 13.2. The van der Waals surface area contributed by atoms with E-state index in [4.69, 9.17) is 14.6 Å². The number of aliphatic hydroxyl groups is 2. The van der Waals surface area contributed by atoms with Crippen molar-refractivity contribution in [3.8, 4) is 11.1 Å². The normalized spacial score (nSPS) is 20.3. The quantitative estimate of drug-likeness (QED) is 0.111. The van der Waals surface area contributed by atoms with E-state index in [9.17, 15) is 19.8 Å². The Labute approximate surface area is 294 Å². The van der Waals surface area contributed by atoms with Crippen LogP contribution in [0.2, 0.25) is 0 Å². The standard InChI is InChI=1S/C41H48N2O7/c1-27-36(25-43(3)28(2)39(48)32-10-5-4-6-11-32)49-41(50-40(27)33-17-15-29(26-44)16-18-33)34-21-19-31(20-22-34)35-12-7-9-30(23-35)24-42-37(45)13-8-14-38(46)47/h4-7,9-12,15-23,27-28,36,39-41,44,48H,8,13-14,24-26H2,1-3H3,(H,42,45)(H,46,47)/t27-,28+,36+,39+,40+,41+/m0/s1. The van der Waals surface area contributed by atoms with Gasteiger partial charge in [-0.1, -0.05) is 104 Å². The maximum Gasteiger partial charge on any atom is 0.303 e. The Morgan fingerprint density at radius 2 is 1.54 bits per heavy atom.